The SMILES string of the molecule is COc1ccc(CN(C)C(=O)c2cccc3ccccc23)cc1F. The molecule has 3 aromatic rings. The largest absolute Gasteiger partial charge is 0.494 e. The van der Waals surface area contributed by atoms with Crippen molar-refractivity contribution in [3.63, 3.8) is 0 Å². The van der Waals surface area contributed by atoms with Crippen molar-refractivity contribution >= 4 is 16.7 Å². The molecule has 0 atom stereocenters. The zero-order chi connectivity index (χ0) is 17.1. The molecular weight excluding hydrogens is 305 g/mol. The van der Waals surface area contributed by atoms with Gasteiger partial charge in [0.05, 0.1) is 7.11 Å². The van der Waals surface area contributed by atoms with Gasteiger partial charge in [-0.3, -0.25) is 4.79 Å². The maximum atomic E-state index is 13.8. The first-order chi connectivity index (χ1) is 11.6. The second-order valence-electron chi connectivity index (χ2n) is 5.66. The highest BCUT2D eigenvalue weighted by atomic mass is 19.1. The van der Waals surface area contributed by atoms with Crippen LogP contribution in [0.1, 0.15) is 15.9 Å². The summed E-state index contributed by atoms with van der Waals surface area (Å²) in [7, 11) is 3.14. The lowest BCUT2D eigenvalue weighted by molar-refractivity contribution is 0.0787. The molecular formula is C20H18FNO2. The topological polar surface area (TPSA) is 29.5 Å². The number of methoxy groups -OCH3 is 1. The van der Waals surface area contributed by atoms with Crippen molar-refractivity contribution in [2.45, 2.75) is 6.54 Å². The van der Waals surface area contributed by atoms with Gasteiger partial charge in [0.1, 0.15) is 0 Å². The molecule has 122 valence electrons. The van der Waals surface area contributed by atoms with Gasteiger partial charge in [-0.05, 0) is 34.5 Å². The summed E-state index contributed by atoms with van der Waals surface area (Å²) in [6.07, 6.45) is 0. The van der Waals surface area contributed by atoms with Crippen LogP contribution in [-0.4, -0.2) is 25.0 Å². The van der Waals surface area contributed by atoms with Crippen molar-refractivity contribution in [2.24, 2.45) is 0 Å². The van der Waals surface area contributed by atoms with E-state index in [9.17, 15) is 9.18 Å². The van der Waals surface area contributed by atoms with Crippen LogP contribution in [-0.2, 0) is 6.54 Å². The minimum Gasteiger partial charge on any atom is -0.494 e. The minimum atomic E-state index is -0.430. The van der Waals surface area contributed by atoms with Crippen LogP contribution < -0.4 is 4.74 Å². The first-order valence-electron chi connectivity index (χ1n) is 7.66. The van der Waals surface area contributed by atoms with Crippen LogP contribution in [0.5, 0.6) is 5.75 Å². The van der Waals surface area contributed by atoms with Gasteiger partial charge in [0.15, 0.2) is 11.6 Å². The Bertz CT molecular complexity index is 886. The number of carbonyl (C=O) groups excluding carboxylic acids is 1. The fourth-order valence-corrected chi connectivity index (χ4v) is 2.77. The lowest BCUT2D eigenvalue weighted by atomic mass is 10.0. The Labute approximate surface area is 140 Å². The lowest BCUT2D eigenvalue weighted by Gasteiger charge is -2.19. The number of rotatable bonds is 4. The molecule has 0 saturated heterocycles. The van der Waals surface area contributed by atoms with E-state index in [1.165, 1.54) is 13.2 Å². The van der Waals surface area contributed by atoms with Gasteiger partial charge < -0.3 is 9.64 Å². The summed E-state index contributed by atoms with van der Waals surface area (Å²) >= 11 is 0. The fourth-order valence-electron chi connectivity index (χ4n) is 2.77. The molecule has 0 heterocycles. The average molecular weight is 323 g/mol. The highest BCUT2D eigenvalue weighted by molar-refractivity contribution is 6.06. The Balaban J connectivity index is 1.85. The first kappa shape index (κ1) is 16.0. The van der Waals surface area contributed by atoms with Crippen molar-refractivity contribution in [3.8, 4) is 5.75 Å². The number of halogens is 1. The second kappa shape index (κ2) is 6.71. The number of carbonyl (C=O) groups is 1. The molecule has 3 rings (SSSR count). The summed E-state index contributed by atoms with van der Waals surface area (Å²) in [5.41, 5.74) is 1.36. The number of fused-ring (bicyclic) bond motifs is 1. The molecule has 3 aromatic carbocycles. The third-order valence-corrected chi connectivity index (χ3v) is 4.00. The van der Waals surface area contributed by atoms with Crippen LogP contribution in [0.2, 0.25) is 0 Å². The van der Waals surface area contributed by atoms with Crippen molar-refractivity contribution in [2.75, 3.05) is 14.2 Å². The fraction of sp³-hybridized carbons (Fsp3) is 0.150. The van der Waals surface area contributed by atoms with Gasteiger partial charge in [-0.15, -0.1) is 0 Å². The van der Waals surface area contributed by atoms with Crippen LogP contribution in [0, 0.1) is 5.82 Å². The molecule has 24 heavy (non-hydrogen) atoms. The molecule has 0 saturated carbocycles. The maximum Gasteiger partial charge on any atom is 0.254 e. The van der Waals surface area contributed by atoms with E-state index in [1.807, 2.05) is 42.5 Å². The van der Waals surface area contributed by atoms with Crippen LogP contribution in [0.15, 0.2) is 60.7 Å². The molecule has 4 heteroatoms. The third kappa shape index (κ3) is 3.08. The molecule has 1 amide bonds. The summed E-state index contributed by atoms with van der Waals surface area (Å²) in [5.74, 6) is -0.328. The summed E-state index contributed by atoms with van der Waals surface area (Å²) in [5, 5.41) is 1.94. The van der Waals surface area contributed by atoms with Crippen LogP contribution in [0.25, 0.3) is 10.8 Å². The molecule has 0 aliphatic heterocycles. The monoisotopic (exact) mass is 323 g/mol. The van der Waals surface area contributed by atoms with E-state index in [4.69, 9.17) is 4.74 Å². The smallest absolute Gasteiger partial charge is 0.254 e. The summed E-state index contributed by atoms with van der Waals surface area (Å²) in [4.78, 5) is 14.4. The number of hydrogen-bond acceptors (Lipinski definition) is 2. The molecule has 0 spiro atoms. The summed E-state index contributed by atoms with van der Waals surface area (Å²) < 4.78 is 18.7. The molecule has 0 bridgehead atoms. The van der Waals surface area contributed by atoms with E-state index in [0.29, 0.717) is 17.7 Å². The second-order valence-corrected chi connectivity index (χ2v) is 5.66. The Morgan fingerprint density at radius 2 is 1.83 bits per heavy atom. The van der Waals surface area contributed by atoms with Crippen LogP contribution >= 0.6 is 0 Å². The molecule has 3 nitrogen and oxygen atoms in total. The average Bonchev–Trinajstić information content (AvgIpc) is 2.60. The number of amides is 1. The Morgan fingerprint density at radius 1 is 1.08 bits per heavy atom. The Hall–Kier alpha value is -2.88. The predicted molar refractivity (Wildman–Crippen MR) is 92.7 cm³/mol. The minimum absolute atomic E-state index is 0.0944. The molecule has 0 radical (unpaired) electrons. The van der Waals surface area contributed by atoms with Gasteiger partial charge in [0, 0.05) is 19.2 Å². The van der Waals surface area contributed by atoms with Crippen LogP contribution in [0.4, 0.5) is 4.39 Å². The molecule has 0 fully saturated rings. The van der Waals surface area contributed by atoms with E-state index in [-0.39, 0.29) is 11.7 Å². The number of benzene rings is 3. The molecule has 0 aliphatic rings. The quantitative estimate of drug-likeness (QED) is 0.718. The Kier molecular flexibility index (Phi) is 4.47. The summed E-state index contributed by atoms with van der Waals surface area (Å²) in [6, 6.07) is 18.2. The van der Waals surface area contributed by atoms with E-state index < -0.39 is 5.82 Å². The van der Waals surface area contributed by atoms with Crippen molar-refractivity contribution in [1.82, 2.24) is 4.90 Å². The number of nitrogens with zero attached hydrogens (tertiary/aromatic N) is 1. The zero-order valence-corrected chi connectivity index (χ0v) is 13.6. The van der Waals surface area contributed by atoms with E-state index >= 15 is 0 Å². The van der Waals surface area contributed by atoms with Gasteiger partial charge in [-0.1, -0.05) is 42.5 Å². The summed E-state index contributed by atoms with van der Waals surface area (Å²) in [6.45, 7) is 0.322. The van der Waals surface area contributed by atoms with E-state index in [0.717, 1.165) is 10.8 Å². The number of ether oxygens (including phenoxy) is 1. The lowest BCUT2D eigenvalue weighted by Crippen LogP contribution is -2.26. The van der Waals surface area contributed by atoms with Crippen molar-refractivity contribution < 1.29 is 13.9 Å². The highest BCUT2D eigenvalue weighted by Crippen LogP contribution is 2.22. The van der Waals surface area contributed by atoms with Gasteiger partial charge in [-0.2, -0.15) is 0 Å². The zero-order valence-electron chi connectivity index (χ0n) is 13.6. The molecule has 0 aromatic heterocycles. The van der Waals surface area contributed by atoms with Crippen molar-refractivity contribution in [3.05, 3.63) is 77.6 Å². The molecule has 0 aliphatic carbocycles. The van der Waals surface area contributed by atoms with Gasteiger partial charge >= 0.3 is 0 Å². The number of hydrogen-bond donors (Lipinski definition) is 0. The standard InChI is InChI=1S/C20H18FNO2/c1-22(13-14-10-11-19(24-2)18(21)12-14)20(23)17-9-5-7-15-6-3-4-8-16(15)17/h3-12H,13H2,1-2H3. The van der Waals surface area contributed by atoms with Crippen LogP contribution in [0.3, 0.4) is 0 Å². The van der Waals surface area contributed by atoms with Gasteiger partial charge in [0.2, 0.25) is 0 Å². The molecule has 0 N–H and O–H groups in total. The predicted octanol–water partition coefficient (Wildman–Crippen LogP) is 4.26. The third-order valence-electron chi connectivity index (χ3n) is 4.00. The van der Waals surface area contributed by atoms with Gasteiger partial charge in [-0.25, -0.2) is 4.39 Å². The van der Waals surface area contributed by atoms with Gasteiger partial charge in [0.25, 0.3) is 5.91 Å². The first-order valence-corrected chi connectivity index (χ1v) is 7.66. The van der Waals surface area contributed by atoms with E-state index in [1.54, 1.807) is 24.1 Å². The maximum absolute atomic E-state index is 13.8. The highest BCUT2D eigenvalue weighted by Gasteiger charge is 2.15. The van der Waals surface area contributed by atoms with E-state index in [2.05, 4.69) is 0 Å². The molecule has 0 unspecified atom stereocenters. The Morgan fingerprint density at radius 3 is 2.58 bits per heavy atom. The van der Waals surface area contributed by atoms with Crippen molar-refractivity contribution in [1.29, 1.82) is 0 Å². The normalized spacial score (nSPS) is 10.6.